The number of hydrogen-bond acceptors (Lipinski definition) is 5. The summed E-state index contributed by atoms with van der Waals surface area (Å²) in [7, 11) is 9.82. The van der Waals surface area contributed by atoms with E-state index in [2.05, 4.69) is 82.9 Å². The highest BCUT2D eigenvalue weighted by molar-refractivity contribution is 14.0. The minimum atomic E-state index is 0. The molecule has 0 unspecified atom stereocenters. The van der Waals surface area contributed by atoms with Gasteiger partial charge in [0.15, 0.2) is 11.8 Å². The van der Waals surface area contributed by atoms with Gasteiger partial charge in [-0.05, 0) is 48.7 Å². The van der Waals surface area contributed by atoms with Crippen molar-refractivity contribution in [1.29, 1.82) is 0 Å². The molecule has 1 N–H and O–H groups in total. The second-order valence-corrected chi connectivity index (χ2v) is 8.31. The molecule has 0 fully saturated rings. The van der Waals surface area contributed by atoms with E-state index in [-0.39, 0.29) is 24.0 Å². The topological polar surface area (TPSA) is 70.8 Å². The van der Waals surface area contributed by atoms with E-state index < -0.39 is 0 Å². The molecule has 2 aromatic carbocycles. The van der Waals surface area contributed by atoms with E-state index in [1.807, 2.05) is 30.7 Å². The highest BCUT2D eigenvalue weighted by Crippen LogP contribution is 2.15. The number of ether oxygens (including phenoxy) is 1. The predicted molar refractivity (Wildman–Crippen MR) is 149 cm³/mol. The van der Waals surface area contributed by atoms with Gasteiger partial charge < -0.3 is 24.4 Å². The number of halogens is 1. The summed E-state index contributed by atoms with van der Waals surface area (Å²) >= 11 is 0. The normalized spacial score (nSPS) is 11.1. The Kier molecular flexibility index (Phi) is 10.6. The standard InChI is InChI=1S/C25H35N7O.HI/c1-19-28-29-24(32(19)5)17-27-25(26-15-14-20-10-12-23(33-6)13-11-20)31(4)18-21-8-7-9-22(16-21)30(2)3;/h7-13,16H,14-15,17-18H2,1-6H3,(H,26,27);1H. The summed E-state index contributed by atoms with van der Waals surface area (Å²) in [6.45, 7) is 3.92. The van der Waals surface area contributed by atoms with Gasteiger partial charge in [-0.1, -0.05) is 24.3 Å². The van der Waals surface area contributed by atoms with Crippen molar-refractivity contribution in [3.8, 4) is 5.75 Å². The first kappa shape index (κ1) is 27.4. The molecule has 1 aromatic heterocycles. The lowest BCUT2D eigenvalue weighted by molar-refractivity contribution is 0.414. The van der Waals surface area contributed by atoms with Crippen LogP contribution in [0.1, 0.15) is 22.8 Å². The molecule has 0 saturated carbocycles. The SMILES string of the molecule is COc1ccc(CCNC(=NCc2nnc(C)n2C)N(C)Cc2cccc(N(C)C)c2)cc1.I. The number of benzene rings is 2. The first-order valence-electron chi connectivity index (χ1n) is 11.1. The molecule has 0 atom stereocenters. The molecule has 0 aliphatic carbocycles. The number of guanidine groups is 1. The van der Waals surface area contributed by atoms with Gasteiger partial charge >= 0.3 is 0 Å². The van der Waals surface area contributed by atoms with Gasteiger partial charge in [-0.3, -0.25) is 0 Å². The molecular formula is C25H36IN7O. The number of aliphatic imine (C=N–C) groups is 1. The molecule has 1 heterocycles. The van der Waals surface area contributed by atoms with E-state index in [0.717, 1.165) is 42.9 Å². The molecule has 0 saturated heterocycles. The quantitative estimate of drug-likeness (QED) is 0.238. The highest BCUT2D eigenvalue weighted by atomic mass is 127. The summed E-state index contributed by atoms with van der Waals surface area (Å²) in [6.07, 6.45) is 0.885. The van der Waals surface area contributed by atoms with Gasteiger partial charge in [0.1, 0.15) is 18.1 Å². The number of nitrogens with zero attached hydrogens (tertiary/aromatic N) is 6. The molecule has 0 spiro atoms. The Morgan fingerprint density at radius 1 is 1.06 bits per heavy atom. The molecule has 3 rings (SSSR count). The number of aryl methyl sites for hydroxylation is 1. The number of aromatic nitrogens is 3. The van der Waals surface area contributed by atoms with Crippen LogP contribution < -0.4 is 15.0 Å². The van der Waals surface area contributed by atoms with Crippen molar-refractivity contribution in [3.63, 3.8) is 0 Å². The third kappa shape index (κ3) is 7.61. The second-order valence-electron chi connectivity index (χ2n) is 8.31. The Balaban J connectivity index is 0.00000408. The molecule has 3 aromatic rings. The summed E-state index contributed by atoms with van der Waals surface area (Å²) in [5, 5.41) is 11.9. The fourth-order valence-electron chi connectivity index (χ4n) is 3.44. The Bertz CT molecular complexity index is 1060. The van der Waals surface area contributed by atoms with Crippen LogP contribution in [0.3, 0.4) is 0 Å². The van der Waals surface area contributed by atoms with E-state index in [1.54, 1.807) is 7.11 Å². The minimum Gasteiger partial charge on any atom is -0.497 e. The third-order valence-electron chi connectivity index (χ3n) is 5.62. The predicted octanol–water partition coefficient (Wildman–Crippen LogP) is 3.64. The summed E-state index contributed by atoms with van der Waals surface area (Å²) < 4.78 is 7.22. The highest BCUT2D eigenvalue weighted by Gasteiger charge is 2.10. The largest absolute Gasteiger partial charge is 0.497 e. The Morgan fingerprint density at radius 2 is 1.79 bits per heavy atom. The first-order valence-corrected chi connectivity index (χ1v) is 11.1. The van der Waals surface area contributed by atoms with Crippen LogP contribution in [0, 0.1) is 6.92 Å². The van der Waals surface area contributed by atoms with Crippen molar-refractivity contribution in [1.82, 2.24) is 25.0 Å². The average molecular weight is 578 g/mol. The monoisotopic (exact) mass is 577 g/mol. The van der Waals surface area contributed by atoms with Gasteiger partial charge in [0.05, 0.1) is 7.11 Å². The number of anilines is 1. The van der Waals surface area contributed by atoms with Crippen LogP contribution in [-0.4, -0.2) is 60.4 Å². The van der Waals surface area contributed by atoms with Crippen molar-refractivity contribution in [2.45, 2.75) is 26.4 Å². The van der Waals surface area contributed by atoms with Crippen LogP contribution >= 0.6 is 24.0 Å². The zero-order chi connectivity index (χ0) is 23.8. The molecule has 184 valence electrons. The third-order valence-corrected chi connectivity index (χ3v) is 5.62. The van der Waals surface area contributed by atoms with Crippen LogP contribution in [0.15, 0.2) is 53.5 Å². The van der Waals surface area contributed by atoms with E-state index in [0.29, 0.717) is 6.54 Å². The van der Waals surface area contributed by atoms with Gasteiger partial charge in [0, 0.05) is 47.0 Å². The summed E-state index contributed by atoms with van der Waals surface area (Å²) in [5.41, 5.74) is 3.65. The van der Waals surface area contributed by atoms with Crippen LogP contribution in [-0.2, 0) is 26.6 Å². The van der Waals surface area contributed by atoms with Crippen molar-refractivity contribution in [2.24, 2.45) is 12.0 Å². The molecular weight excluding hydrogens is 541 g/mol. The van der Waals surface area contributed by atoms with Gasteiger partial charge in [0.2, 0.25) is 0 Å². The van der Waals surface area contributed by atoms with Crippen molar-refractivity contribution >= 4 is 35.6 Å². The molecule has 0 radical (unpaired) electrons. The number of nitrogens with one attached hydrogen (secondary N) is 1. The number of rotatable bonds is 9. The van der Waals surface area contributed by atoms with Crippen molar-refractivity contribution < 1.29 is 4.74 Å². The fourth-order valence-corrected chi connectivity index (χ4v) is 3.44. The van der Waals surface area contributed by atoms with E-state index in [4.69, 9.17) is 9.73 Å². The van der Waals surface area contributed by atoms with E-state index >= 15 is 0 Å². The molecule has 0 amide bonds. The number of hydrogen-bond donors (Lipinski definition) is 1. The molecule has 8 nitrogen and oxygen atoms in total. The van der Waals surface area contributed by atoms with Crippen LogP contribution in [0.4, 0.5) is 5.69 Å². The van der Waals surface area contributed by atoms with Crippen molar-refractivity contribution in [3.05, 3.63) is 71.3 Å². The lowest BCUT2D eigenvalue weighted by Crippen LogP contribution is -2.39. The summed E-state index contributed by atoms with van der Waals surface area (Å²) in [5.74, 6) is 3.42. The lowest BCUT2D eigenvalue weighted by atomic mass is 10.1. The molecule has 0 aliphatic heterocycles. The molecule has 0 bridgehead atoms. The first-order chi connectivity index (χ1) is 15.9. The summed E-state index contributed by atoms with van der Waals surface area (Å²) in [6, 6.07) is 16.7. The zero-order valence-corrected chi connectivity index (χ0v) is 23.3. The van der Waals surface area contributed by atoms with E-state index in [1.165, 1.54) is 16.8 Å². The second kappa shape index (κ2) is 13.2. The van der Waals surface area contributed by atoms with Gasteiger partial charge in [0.25, 0.3) is 0 Å². The van der Waals surface area contributed by atoms with Gasteiger partial charge in [-0.15, -0.1) is 34.2 Å². The van der Waals surface area contributed by atoms with Crippen molar-refractivity contribution in [2.75, 3.05) is 39.7 Å². The van der Waals surface area contributed by atoms with Crippen LogP contribution in [0.25, 0.3) is 0 Å². The Labute approximate surface area is 220 Å². The van der Waals surface area contributed by atoms with Crippen LogP contribution in [0.5, 0.6) is 5.75 Å². The van der Waals surface area contributed by atoms with Gasteiger partial charge in [-0.25, -0.2) is 4.99 Å². The molecule has 0 aliphatic rings. The maximum atomic E-state index is 5.25. The Morgan fingerprint density at radius 3 is 2.41 bits per heavy atom. The zero-order valence-electron chi connectivity index (χ0n) is 20.9. The number of methoxy groups -OCH3 is 1. The van der Waals surface area contributed by atoms with E-state index in [9.17, 15) is 0 Å². The lowest BCUT2D eigenvalue weighted by Gasteiger charge is -2.23. The maximum Gasteiger partial charge on any atom is 0.194 e. The smallest absolute Gasteiger partial charge is 0.194 e. The molecule has 34 heavy (non-hydrogen) atoms. The summed E-state index contributed by atoms with van der Waals surface area (Å²) in [4.78, 5) is 9.12. The minimum absolute atomic E-state index is 0. The van der Waals surface area contributed by atoms with Gasteiger partial charge in [-0.2, -0.15) is 0 Å². The average Bonchev–Trinajstić information content (AvgIpc) is 3.14. The maximum absolute atomic E-state index is 5.25. The Hall–Kier alpha value is -2.82. The van der Waals surface area contributed by atoms with Crippen LogP contribution in [0.2, 0.25) is 0 Å². The fraction of sp³-hybridized carbons (Fsp3) is 0.400. The molecule has 9 heteroatoms.